The van der Waals surface area contributed by atoms with Crippen LogP contribution in [0.4, 0.5) is 5.13 Å². The van der Waals surface area contributed by atoms with Gasteiger partial charge in [0, 0.05) is 17.5 Å². The molecular weight excluding hydrogens is 429 g/mol. The first-order chi connectivity index (χ1) is 13.1. The van der Waals surface area contributed by atoms with E-state index in [1.54, 1.807) is 12.3 Å². The van der Waals surface area contributed by atoms with Crippen LogP contribution in [0.3, 0.4) is 0 Å². The summed E-state index contributed by atoms with van der Waals surface area (Å²) in [6.07, 6.45) is 3.34. The molecule has 3 heterocycles. The number of hydrogen-bond donors (Lipinski definition) is 1. The van der Waals surface area contributed by atoms with Gasteiger partial charge in [0.2, 0.25) is 6.29 Å². The lowest BCUT2D eigenvalue weighted by molar-refractivity contribution is -0.0442. The van der Waals surface area contributed by atoms with Crippen LogP contribution in [-0.2, 0) is 15.9 Å². The summed E-state index contributed by atoms with van der Waals surface area (Å²) in [7, 11) is 0. The molecule has 0 spiro atoms. The van der Waals surface area contributed by atoms with Crippen molar-refractivity contribution in [3.05, 3.63) is 61.0 Å². The maximum Gasteiger partial charge on any atom is 0.269 e. The maximum absolute atomic E-state index is 12.4. The van der Waals surface area contributed by atoms with Gasteiger partial charge in [-0.3, -0.25) is 10.1 Å². The zero-order valence-corrected chi connectivity index (χ0v) is 16.9. The molecule has 0 unspecified atom stereocenters. The molecule has 6 nitrogen and oxygen atoms in total. The molecule has 1 aliphatic heterocycles. The third-order valence-corrected chi connectivity index (χ3v) is 6.53. The number of carbonyl (C=O) groups excluding carboxylic acids is 1. The fraction of sp³-hybridized carbons (Fsp3) is 0.235. The van der Waals surface area contributed by atoms with Crippen LogP contribution in [0, 0.1) is 0 Å². The van der Waals surface area contributed by atoms with Crippen LogP contribution in [0.1, 0.15) is 31.4 Å². The van der Waals surface area contributed by atoms with E-state index < -0.39 is 6.29 Å². The van der Waals surface area contributed by atoms with E-state index in [1.807, 2.05) is 12.1 Å². The summed E-state index contributed by atoms with van der Waals surface area (Å²) >= 11 is 14.9. The molecule has 4 rings (SSSR count). The van der Waals surface area contributed by atoms with Crippen LogP contribution in [0.5, 0.6) is 0 Å². The van der Waals surface area contributed by atoms with Gasteiger partial charge < -0.3 is 9.47 Å². The number of hydrogen-bond acceptors (Lipinski definition) is 7. The van der Waals surface area contributed by atoms with Crippen molar-refractivity contribution in [3.8, 4) is 0 Å². The first kappa shape index (κ1) is 18.8. The largest absolute Gasteiger partial charge is 0.344 e. The number of anilines is 1. The molecular formula is C17H13Cl2N3O3S2. The molecule has 0 bridgehead atoms. The Kier molecular flexibility index (Phi) is 5.72. The zero-order chi connectivity index (χ0) is 18.8. The molecule has 3 aromatic rings. The number of rotatable bonds is 5. The van der Waals surface area contributed by atoms with E-state index in [-0.39, 0.29) is 5.91 Å². The van der Waals surface area contributed by atoms with Gasteiger partial charge in [0.1, 0.15) is 9.88 Å². The van der Waals surface area contributed by atoms with Crippen LogP contribution in [0.25, 0.3) is 0 Å². The molecule has 1 fully saturated rings. The van der Waals surface area contributed by atoms with Gasteiger partial charge in [0.15, 0.2) is 5.13 Å². The van der Waals surface area contributed by atoms with Crippen molar-refractivity contribution in [2.24, 2.45) is 0 Å². The SMILES string of the molecule is O=C(Nc1ncc(Cc2cccc(Cl)c2Cl)s1)c1cnc(C2OCCO2)s1. The maximum atomic E-state index is 12.4. The quantitative estimate of drug-likeness (QED) is 0.615. The topological polar surface area (TPSA) is 73.3 Å². The van der Waals surface area contributed by atoms with Gasteiger partial charge in [-0.25, -0.2) is 9.97 Å². The summed E-state index contributed by atoms with van der Waals surface area (Å²) in [6.45, 7) is 1.06. The summed E-state index contributed by atoms with van der Waals surface area (Å²) in [6, 6.07) is 5.52. The van der Waals surface area contributed by atoms with Gasteiger partial charge >= 0.3 is 0 Å². The van der Waals surface area contributed by atoms with E-state index in [9.17, 15) is 4.79 Å². The lowest BCUT2D eigenvalue weighted by atomic mass is 10.1. The Morgan fingerprint density at radius 2 is 2.00 bits per heavy atom. The minimum Gasteiger partial charge on any atom is -0.344 e. The molecule has 2 aromatic heterocycles. The van der Waals surface area contributed by atoms with E-state index in [0.717, 1.165) is 10.4 Å². The van der Waals surface area contributed by atoms with Crippen molar-refractivity contribution in [2.45, 2.75) is 12.7 Å². The Balaban J connectivity index is 1.41. The summed E-state index contributed by atoms with van der Waals surface area (Å²) in [4.78, 5) is 22.3. The number of halogens is 2. The lowest BCUT2D eigenvalue weighted by Gasteiger charge is -2.03. The van der Waals surface area contributed by atoms with Crippen molar-refractivity contribution in [1.82, 2.24) is 9.97 Å². The Bertz CT molecular complexity index is 970. The van der Waals surface area contributed by atoms with Crippen LogP contribution in [0.2, 0.25) is 10.0 Å². The highest BCUT2D eigenvalue weighted by Gasteiger charge is 2.23. The third-order valence-electron chi connectivity index (χ3n) is 3.74. The smallest absolute Gasteiger partial charge is 0.269 e. The van der Waals surface area contributed by atoms with Gasteiger partial charge in [0.25, 0.3) is 5.91 Å². The van der Waals surface area contributed by atoms with Gasteiger partial charge in [-0.1, -0.05) is 35.3 Å². The van der Waals surface area contributed by atoms with Gasteiger partial charge in [-0.2, -0.15) is 0 Å². The summed E-state index contributed by atoms with van der Waals surface area (Å²) in [5, 5.41) is 4.99. The molecule has 10 heteroatoms. The normalized spacial score (nSPS) is 14.6. The molecule has 0 radical (unpaired) electrons. The van der Waals surface area contributed by atoms with Gasteiger partial charge in [-0.05, 0) is 11.6 Å². The molecule has 1 saturated heterocycles. The molecule has 0 atom stereocenters. The van der Waals surface area contributed by atoms with Crippen LogP contribution < -0.4 is 5.32 Å². The van der Waals surface area contributed by atoms with E-state index in [4.69, 9.17) is 32.7 Å². The highest BCUT2D eigenvalue weighted by Crippen LogP contribution is 2.30. The zero-order valence-electron chi connectivity index (χ0n) is 13.8. The van der Waals surface area contributed by atoms with Gasteiger partial charge in [0.05, 0.1) is 29.5 Å². The predicted molar refractivity (Wildman–Crippen MR) is 106 cm³/mol. The molecule has 1 N–H and O–H groups in total. The number of benzene rings is 1. The minimum atomic E-state index is -0.481. The summed E-state index contributed by atoms with van der Waals surface area (Å²) < 4.78 is 10.8. The van der Waals surface area contributed by atoms with Crippen LogP contribution in [-0.4, -0.2) is 29.1 Å². The van der Waals surface area contributed by atoms with Crippen molar-refractivity contribution in [1.29, 1.82) is 0 Å². The second-order valence-electron chi connectivity index (χ2n) is 5.61. The average Bonchev–Trinajstić information content (AvgIpc) is 3.39. The fourth-order valence-corrected chi connectivity index (χ4v) is 4.51. The molecule has 1 aromatic carbocycles. The third kappa shape index (κ3) is 4.31. The summed E-state index contributed by atoms with van der Waals surface area (Å²) in [5.41, 5.74) is 0.911. The molecule has 27 heavy (non-hydrogen) atoms. The van der Waals surface area contributed by atoms with E-state index in [1.165, 1.54) is 28.9 Å². The van der Waals surface area contributed by atoms with Crippen molar-refractivity contribution < 1.29 is 14.3 Å². The molecule has 1 amide bonds. The second-order valence-corrected chi connectivity index (χ2v) is 8.57. The first-order valence-electron chi connectivity index (χ1n) is 7.98. The monoisotopic (exact) mass is 441 g/mol. The van der Waals surface area contributed by atoms with Crippen molar-refractivity contribution in [2.75, 3.05) is 18.5 Å². The molecule has 1 aliphatic rings. The highest BCUT2D eigenvalue weighted by atomic mass is 35.5. The molecule has 0 saturated carbocycles. The Labute approximate surface area is 173 Å². The van der Waals surface area contributed by atoms with Crippen LogP contribution >= 0.6 is 45.9 Å². The standard InChI is InChI=1S/C17H13Cl2N3O3S2/c18-11-3-1-2-9(13(11)19)6-10-7-21-17(26-10)22-14(23)12-8-20-15(27-12)16-24-4-5-25-16/h1-3,7-8,16H,4-6H2,(H,21,22,23). The van der Waals surface area contributed by atoms with Crippen LogP contribution in [0.15, 0.2) is 30.6 Å². The first-order valence-corrected chi connectivity index (χ1v) is 10.4. The highest BCUT2D eigenvalue weighted by molar-refractivity contribution is 7.16. The number of carbonyl (C=O) groups is 1. The molecule has 0 aliphatic carbocycles. The number of nitrogens with zero attached hydrogens (tertiary/aromatic N) is 2. The van der Waals surface area contributed by atoms with E-state index in [0.29, 0.717) is 44.7 Å². The van der Waals surface area contributed by atoms with Gasteiger partial charge in [-0.15, -0.1) is 22.7 Å². The number of ether oxygens (including phenoxy) is 2. The van der Waals surface area contributed by atoms with Crippen molar-refractivity contribution in [3.63, 3.8) is 0 Å². The fourth-order valence-electron chi connectivity index (χ4n) is 2.48. The number of aromatic nitrogens is 2. The average molecular weight is 442 g/mol. The Hall–Kier alpha value is -1.55. The number of amides is 1. The lowest BCUT2D eigenvalue weighted by Crippen LogP contribution is -2.09. The number of nitrogens with one attached hydrogen (secondary N) is 1. The number of thiazole rings is 2. The van der Waals surface area contributed by atoms with Crippen molar-refractivity contribution >= 4 is 56.9 Å². The Morgan fingerprint density at radius 1 is 1.19 bits per heavy atom. The summed E-state index contributed by atoms with van der Waals surface area (Å²) in [5.74, 6) is -0.265. The minimum absolute atomic E-state index is 0.265. The van der Waals surface area contributed by atoms with E-state index in [2.05, 4.69) is 15.3 Å². The Morgan fingerprint density at radius 3 is 2.81 bits per heavy atom. The molecule has 140 valence electrons. The second kappa shape index (κ2) is 8.22. The van der Waals surface area contributed by atoms with E-state index >= 15 is 0 Å². The predicted octanol–water partition coefficient (Wildman–Crippen LogP) is 4.79.